The number of morpholine rings is 1. The lowest BCUT2D eigenvalue weighted by molar-refractivity contribution is -0.0817. The number of hydrogen-bond acceptors (Lipinski definition) is 5. The Morgan fingerprint density at radius 1 is 1.41 bits per heavy atom. The maximum Gasteiger partial charge on any atom is 0.194 e. The molecule has 2 saturated heterocycles. The maximum atomic E-state index is 5.89. The number of aromatic nitrogens is 1. The highest BCUT2D eigenvalue weighted by Gasteiger charge is 2.32. The Bertz CT molecular complexity index is 471. The van der Waals surface area contributed by atoms with Gasteiger partial charge in [-0.25, -0.2) is 4.99 Å². The zero-order valence-electron chi connectivity index (χ0n) is 13.0. The minimum absolute atomic E-state index is 0.132. The average Bonchev–Trinajstić information content (AvgIpc) is 3.24. The number of nitrogens with zero attached hydrogens (tertiary/aromatic N) is 3. The molecule has 1 N–H and O–H groups in total. The van der Waals surface area contributed by atoms with Crippen LogP contribution >= 0.6 is 0 Å². The molecule has 2 aliphatic rings. The van der Waals surface area contributed by atoms with Crippen LogP contribution in [0.4, 0.5) is 0 Å². The van der Waals surface area contributed by atoms with Crippen molar-refractivity contribution in [3.63, 3.8) is 0 Å². The number of aliphatic imine (C=N–C) groups is 1. The van der Waals surface area contributed by atoms with Crippen LogP contribution in [0.5, 0.6) is 0 Å². The Labute approximate surface area is 130 Å². The first-order chi connectivity index (χ1) is 10.9. The van der Waals surface area contributed by atoms with Gasteiger partial charge in [0.2, 0.25) is 0 Å². The summed E-state index contributed by atoms with van der Waals surface area (Å²) in [5.74, 6) is 0.900. The molecular weight excluding hydrogens is 284 g/mol. The molecule has 0 radical (unpaired) electrons. The lowest BCUT2D eigenvalue weighted by Gasteiger charge is -2.37. The maximum absolute atomic E-state index is 5.89. The van der Waals surface area contributed by atoms with Crippen molar-refractivity contribution >= 4 is 5.96 Å². The molecule has 22 heavy (non-hydrogen) atoms. The van der Waals surface area contributed by atoms with E-state index in [4.69, 9.17) is 14.0 Å². The predicted octanol–water partition coefficient (Wildman–Crippen LogP) is 1.02. The highest BCUT2D eigenvalue weighted by Crippen LogP contribution is 2.21. The van der Waals surface area contributed by atoms with Gasteiger partial charge in [0.25, 0.3) is 0 Å². The summed E-state index contributed by atoms with van der Waals surface area (Å²) in [6, 6.07) is 1.83. The van der Waals surface area contributed by atoms with E-state index in [0.717, 1.165) is 50.7 Å². The van der Waals surface area contributed by atoms with E-state index in [-0.39, 0.29) is 12.2 Å². The Morgan fingerprint density at radius 2 is 2.32 bits per heavy atom. The van der Waals surface area contributed by atoms with Crippen molar-refractivity contribution in [1.82, 2.24) is 15.4 Å². The minimum Gasteiger partial charge on any atom is -0.375 e. The molecule has 3 rings (SSSR count). The first-order valence-corrected chi connectivity index (χ1v) is 8.02. The van der Waals surface area contributed by atoms with Gasteiger partial charge in [-0.3, -0.25) is 0 Å². The molecule has 1 aromatic heterocycles. The molecule has 0 saturated carbocycles. The molecule has 122 valence electrons. The van der Waals surface area contributed by atoms with E-state index >= 15 is 0 Å². The van der Waals surface area contributed by atoms with Gasteiger partial charge in [-0.1, -0.05) is 5.16 Å². The monoisotopic (exact) mass is 308 g/mol. The number of ether oxygens (including phenoxy) is 2. The third kappa shape index (κ3) is 3.78. The Morgan fingerprint density at radius 3 is 3.05 bits per heavy atom. The molecule has 2 atom stereocenters. The standard InChI is InChI=1S/C15H24N4O3/c1-2-16-15(17-10-12-5-8-22-18-12)19-6-9-21-14(11-19)13-4-3-7-20-13/h5,8,13-14H,2-4,6-7,9-11H2,1H3,(H,16,17). The van der Waals surface area contributed by atoms with E-state index in [2.05, 4.69) is 27.3 Å². The number of rotatable bonds is 4. The molecule has 0 aromatic carbocycles. The van der Waals surface area contributed by atoms with Crippen LogP contribution in [-0.4, -0.2) is 61.1 Å². The number of nitrogens with one attached hydrogen (secondary N) is 1. The van der Waals surface area contributed by atoms with Crippen LogP contribution in [0.3, 0.4) is 0 Å². The lowest BCUT2D eigenvalue weighted by atomic mass is 10.1. The van der Waals surface area contributed by atoms with Crippen LogP contribution in [0.1, 0.15) is 25.5 Å². The van der Waals surface area contributed by atoms with E-state index in [9.17, 15) is 0 Å². The average molecular weight is 308 g/mol. The van der Waals surface area contributed by atoms with Crippen LogP contribution in [-0.2, 0) is 16.0 Å². The zero-order valence-corrected chi connectivity index (χ0v) is 13.0. The van der Waals surface area contributed by atoms with Crippen molar-refractivity contribution in [1.29, 1.82) is 0 Å². The van der Waals surface area contributed by atoms with Gasteiger partial charge in [-0.15, -0.1) is 0 Å². The third-order valence-corrected chi connectivity index (χ3v) is 3.99. The molecule has 0 spiro atoms. The summed E-state index contributed by atoms with van der Waals surface area (Å²) >= 11 is 0. The molecule has 1 aromatic rings. The van der Waals surface area contributed by atoms with Crippen LogP contribution < -0.4 is 5.32 Å². The predicted molar refractivity (Wildman–Crippen MR) is 81.6 cm³/mol. The van der Waals surface area contributed by atoms with E-state index in [1.165, 1.54) is 0 Å². The summed E-state index contributed by atoms with van der Waals surface area (Å²) in [5, 5.41) is 7.25. The lowest BCUT2D eigenvalue weighted by Crippen LogP contribution is -2.53. The van der Waals surface area contributed by atoms with Crippen molar-refractivity contribution in [2.45, 2.75) is 38.5 Å². The molecule has 0 bridgehead atoms. The molecule has 7 heteroatoms. The summed E-state index contributed by atoms with van der Waals surface area (Å²) in [5.41, 5.74) is 0.833. The third-order valence-electron chi connectivity index (χ3n) is 3.99. The fourth-order valence-corrected chi connectivity index (χ4v) is 2.89. The van der Waals surface area contributed by atoms with Gasteiger partial charge in [0.1, 0.15) is 18.1 Å². The summed E-state index contributed by atoms with van der Waals surface area (Å²) in [7, 11) is 0. The topological polar surface area (TPSA) is 72.1 Å². The van der Waals surface area contributed by atoms with Crippen LogP contribution in [0.2, 0.25) is 0 Å². The molecule has 2 fully saturated rings. The molecule has 2 unspecified atom stereocenters. The largest absolute Gasteiger partial charge is 0.375 e. The smallest absolute Gasteiger partial charge is 0.194 e. The zero-order chi connectivity index (χ0) is 15.2. The quantitative estimate of drug-likeness (QED) is 0.661. The normalized spacial score (nSPS) is 26.4. The Kier molecular flexibility index (Phi) is 5.29. The first-order valence-electron chi connectivity index (χ1n) is 8.02. The number of guanidine groups is 1. The summed E-state index contributed by atoms with van der Waals surface area (Å²) < 4.78 is 16.5. The molecule has 2 aliphatic heterocycles. The second-order valence-electron chi connectivity index (χ2n) is 5.57. The van der Waals surface area contributed by atoms with Gasteiger partial charge in [0.05, 0.1) is 19.3 Å². The summed E-state index contributed by atoms with van der Waals surface area (Å²) in [6.45, 7) is 6.64. The van der Waals surface area contributed by atoms with Gasteiger partial charge < -0.3 is 24.2 Å². The van der Waals surface area contributed by atoms with Crippen molar-refractivity contribution in [2.75, 3.05) is 32.8 Å². The van der Waals surface area contributed by atoms with E-state index in [1.54, 1.807) is 6.26 Å². The SMILES string of the molecule is CCNC(=NCc1ccon1)N1CCOC(C2CCCO2)C1. The van der Waals surface area contributed by atoms with Gasteiger partial charge >= 0.3 is 0 Å². The molecular formula is C15H24N4O3. The fraction of sp³-hybridized carbons (Fsp3) is 0.733. The second-order valence-corrected chi connectivity index (χ2v) is 5.57. The van der Waals surface area contributed by atoms with E-state index in [0.29, 0.717) is 13.2 Å². The summed E-state index contributed by atoms with van der Waals surface area (Å²) in [6.07, 6.45) is 4.14. The second kappa shape index (κ2) is 7.60. The first kappa shape index (κ1) is 15.3. The minimum atomic E-state index is 0.132. The van der Waals surface area contributed by atoms with Gasteiger partial charge in [-0.2, -0.15) is 0 Å². The van der Waals surface area contributed by atoms with Crippen molar-refractivity contribution in [3.8, 4) is 0 Å². The number of hydrogen-bond donors (Lipinski definition) is 1. The van der Waals surface area contributed by atoms with Gasteiger partial charge in [0.15, 0.2) is 5.96 Å². The van der Waals surface area contributed by atoms with E-state index in [1.807, 2.05) is 6.07 Å². The molecule has 7 nitrogen and oxygen atoms in total. The van der Waals surface area contributed by atoms with Gasteiger partial charge in [-0.05, 0) is 19.8 Å². The van der Waals surface area contributed by atoms with E-state index < -0.39 is 0 Å². The van der Waals surface area contributed by atoms with Crippen molar-refractivity contribution < 1.29 is 14.0 Å². The highest BCUT2D eigenvalue weighted by atomic mass is 16.5. The fourth-order valence-electron chi connectivity index (χ4n) is 2.89. The summed E-state index contributed by atoms with van der Waals surface area (Å²) in [4.78, 5) is 6.90. The molecule has 0 aliphatic carbocycles. The Hall–Kier alpha value is -1.60. The molecule has 3 heterocycles. The van der Waals surface area contributed by atoms with Crippen LogP contribution in [0, 0.1) is 0 Å². The van der Waals surface area contributed by atoms with Crippen molar-refractivity contribution in [2.24, 2.45) is 4.99 Å². The van der Waals surface area contributed by atoms with Gasteiger partial charge in [0, 0.05) is 32.3 Å². The Balaban J connectivity index is 1.63. The van der Waals surface area contributed by atoms with Crippen LogP contribution in [0.25, 0.3) is 0 Å². The highest BCUT2D eigenvalue weighted by molar-refractivity contribution is 5.80. The van der Waals surface area contributed by atoms with Crippen LogP contribution in [0.15, 0.2) is 21.8 Å². The molecule has 0 amide bonds. The van der Waals surface area contributed by atoms with Crippen molar-refractivity contribution in [3.05, 3.63) is 18.0 Å².